The van der Waals surface area contributed by atoms with Crippen molar-refractivity contribution in [2.45, 2.75) is 0 Å². The van der Waals surface area contributed by atoms with Crippen LogP contribution in [0.4, 0.5) is 4.39 Å². The largest absolute Gasteiger partial charge is 0.493 e. The van der Waals surface area contributed by atoms with Crippen molar-refractivity contribution in [2.24, 2.45) is 0 Å². The van der Waals surface area contributed by atoms with Gasteiger partial charge in [-0.2, -0.15) is 0 Å². The van der Waals surface area contributed by atoms with E-state index in [9.17, 15) is 4.39 Å². The molecule has 1 heterocycles. The highest BCUT2D eigenvalue weighted by molar-refractivity contribution is 7.71. The van der Waals surface area contributed by atoms with Gasteiger partial charge in [-0.3, -0.25) is 4.57 Å². The molecule has 3 aromatic rings. The van der Waals surface area contributed by atoms with E-state index in [0.717, 1.165) is 16.9 Å². The summed E-state index contributed by atoms with van der Waals surface area (Å²) in [4.78, 5) is 3.12. The van der Waals surface area contributed by atoms with Gasteiger partial charge in [-0.1, -0.05) is 0 Å². The molecule has 1 N–H and O–H groups in total. The smallest absolute Gasteiger partial charge is 0.203 e. The minimum absolute atomic E-state index is 0.286. The molecule has 1 aromatic heterocycles. The van der Waals surface area contributed by atoms with Crippen LogP contribution in [-0.4, -0.2) is 30.9 Å². The van der Waals surface area contributed by atoms with Crippen molar-refractivity contribution in [1.82, 2.24) is 9.55 Å². The number of H-pyrrole nitrogens is 1. The van der Waals surface area contributed by atoms with E-state index in [4.69, 9.17) is 26.4 Å². The van der Waals surface area contributed by atoms with Crippen LogP contribution < -0.4 is 14.2 Å². The monoisotopic (exact) mass is 360 g/mol. The standard InChI is InChI=1S/C18H17FN2O3S/c1-22-15-8-13(9-16(23-2)17(15)24-3)21-10-14(20-18(21)25)11-4-6-12(19)7-5-11/h4-10H,1-3H3,(H,20,25). The summed E-state index contributed by atoms with van der Waals surface area (Å²) in [6, 6.07) is 9.80. The Labute approximate surface area is 149 Å². The lowest BCUT2D eigenvalue weighted by atomic mass is 10.2. The number of methoxy groups -OCH3 is 3. The zero-order chi connectivity index (χ0) is 18.0. The first kappa shape index (κ1) is 17.0. The van der Waals surface area contributed by atoms with Gasteiger partial charge < -0.3 is 19.2 Å². The highest BCUT2D eigenvalue weighted by atomic mass is 32.1. The van der Waals surface area contributed by atoms with Gasteiger partial charge >= 0.3 is 0 Å². The van der Waals surface area contributed by atoms with Gasteiger partial charge in [0.15, 0.2) is 16.3 Å². The maximum Gasteiger partial charge on any atom is 0.203 e. The van der Waals surface area contributed by atoms with Crippen LogP contribution in [0, 0.1) is 10.6 Å². The van der Waals surface area contributed by atoms with E-state index in [1.165, 1.54) is 12.1 Å². The summed E-state index contributed by atoms with van der Waals surface area (Å²) in [6.45, 7) is 0. The topological polar surface area (TPSA) is 48.4 Å². The Morgan fingerprint density at radius 1 is 0.960 bits per heavy atom. The molecule has 130 valence electrons. The maximum atomic E-state index is 13.1. The Kier molecular flexibility index (Phi) is 4.76. The van der Waals surface area contributed by atoms with Crippen LogP contribution in [0.5, 0.6) is 17.2 Å². The van der Waals surface area contributed by atoms with E-state index in [2.05, 4.69) is 4.98 Å². The molecule has 0 saturated heterocycles. The third-order valence-corrected chi connectivity index (χ3v) is 4.10. The molecule has 2 aromatic carbocycles. The van der Waals surface area contributed by atoms with Gasteiger partial charge in [0.25, 0.3) is 0 Å². The molecule has 0 amide bonds. The van der Waals surface area contributed by atoms with E-state index < -0.39 is 0 Å². The molecule has 5 nitrogen and oxygen atoms in total. The Balaban J connectivity index is 2.11. The van der Waals surface area contributed by atoms with Crippen LogP contribution in [0.2, 0.25) is 0 Å². The number of halogens is 1. The van der Waals surface area contributed by atoms with Crippen molar-refractivity contribution in [3.63, 3.8) is 0 Å². The molecule has 0 aliphatic heterocycles. The zero-order valence-corrected chi connectivity index (χ0v) is 14.8. The van der Waals surface area contributed by atoms with E-state index in [1.54, 1.807) is 50.2 Å². The Morgan fingerprint density at radius 3 is 2.08 bits per heavy atom. The normalized spacial score (nSPS) is 10.6. The van der Waals surface area contributed by atoms with Gasteiger partial charge in [-0.05, 0) is 42.0 Å². The van der Waals surface area contributed by atoms with Crippen molar-refractivity contribution in [2.75, 3.05) is 21.3 Å². The highest BCUT2D eigenvalue weighted by Crippen LogP contribution is 2.39. The number of nitrogens with zero attached hydrogens (tertiary/aromatic N) is 1. The molecular formula is C18H17FN2O3S. The van der Waals surface area contributed by atoms with E-state index in [0.29, 0.717) is 22.0 Å². The average Bonchev–Trinajstić information content (AvgIpc) is 3.02. The van der Waals surface area contributed by atoms with Crippen LogP contribution in [-0.2, 0) is 0 Å². The van der Waals surface area contributed by atoms with Gasteiger partial charge in [0, 0.05) is 18.3 Å². The number of rotatable bonds is 5. The third kappa shape index (κ3) is 3.23. The van der Waals surface area contributed by atoms with Crippen LogP contribution >= 0.6 is 12.2 Å². The van der Waals surface area contributed by atoms with Crippen molar-refractivity contribution in [3.8, 4) is 34.2 Å². The lowest BCUT2D eigenvalue weighted by Gasteiger charge is -2.14. The number of aromatic nitrogens is 2. The first-order chi connectivity index (χ1) is 12.1. The lowest BCUT2D eigenvalue weighted by Crippen LogP contribution is -1.99. The van der Waals surface area contributed by atoms with Crippen molar-refractivity contribution < 1.29 is 18.6 Å². The molecule has 0 aliphatic carbocycles. The number of benzene rings is 2. The maximum absolute atomic E-state index is 13.1. The molecule has 0 bridgehead atoms. The molecule has 0 spiro atoms. The summed E-state index contributed by atoms with van der Waals surface area (Å²) in [5.74, 6) is 1.28. The predicted octanol–water partition coefficient (Wildman–Crippen LogP) is 4.37. The van der Waals surface area contributed by atoms with Crippen LogP contribution in [0.15, 0.2) is 42.6 Å². The highest BCUT2D eigenvalue weighted by Gasteiger charge is 2.15. The molecule has 0 fully saturated rings. The summed E-state index contributed by atoms with van der Waals surface area (Å²) < 4.78 is 31.5. The molecular weight excluding hydrogens is 343 g/mol. The van der Waals surface area contributed by atoms with E-state index in [1.807, 2.05) is 6.20 Å². The summed E-state index contributed by atoms with van der Waals surface area (Å²) in [6.07, 6.45) is 1.84. The van der Waals surface area contributed by atoms with E-state index >= 15 is 0 Å². The summed E-state index contributed by atoms with van der Waals surface area (Å²) in [7, 11) is 4.66. The van der Waals surface area contributed by atoms with Crippen LogP contribution in [0.3, 0.4) is 0 Å². The molecule has 0 atom stereocenters. The second-order valence-corrected chi connectivity index (χ2v) is 5.62. The number of hydrogen-bond donors (Lipinski definition) is 1. The first-order valence-corrected chi connectivity index (χ1v) is 7.86. The Hall–Kier alpha value is -2.80. The van der Waals surface area contributed by atoms with Crippen molar-refractivity contribution in [3.05, 3.63) is 53.2 Å². The minimum Gasteiger partial charge on any atom is -0.493 e. The minimum atomic E-state index is -0.286. The summed E-state index contributed by atoms with van der Waals surface area (Å²) in [5, 5.41) is 0. The fourth-order valence-corrected chi connectivity index (χ4v) is 2.84. The fourth-order valence-electron chi connectivity index (χ4n) is 2.57. The molecule has 0 unspecified atom stereocenters. The number of nitrogens with one attached hydrogen (secondary N) is 1. The van der Waals surface area contributed by atoms with Crippen molar-refractivity contribution >= 4 is 12.2 Å². The van der Waals surface area contributed by atoms with Crippen LogP contribution in [0.1, 0.15) is 0 Å². The van der Waals surface area contributed by atoms with Gasteiger partial charge in [-0.25, -0.2) is 4.39 Å². The summed E-state index contributed by atoms with van der Waals surface area (Å²) in [5.41, 5.74) is 2.36. The van der Waals surface area contributed by atoms with Gasteiger partial charge in [0.1, 0.15) is 5.82 Å². The Morgan fingerprint density at radius 2 is 1.56 bits per heavy atom. The van der Waals surface area contributed by atoms with E-state index in [-0.39, 0.29) is 5.82 Å². The molecule has 3 rings (SSSR count). The number of imidazole rings is 1. The second-order valence-electron chi connectivity index (χ2n) is 5.23. The first-order valence-electron chi connectivity index (χ1n) is 7.45. The second kappa shape index (κ2) is 6.98. The lowest BCUT2D eigenvalue weighted by molar-refractivity contribution is 0.324. The summed E-state index contributed by atoms with van der Waals surface area (Å²) >= 11 is 5.42. The molecule has 0 saturated carbocycles. The Bertz CT molecular complexity index is 923. The SMILES string of the molecule is COc1cc(-n2cc(-c3ccc(F)cc3)[nH]c2=S)cc(OC)c1OC. The van der Waals surface area contributed by atoms with Gasteiger partial charge in [0.05, 0.1) is 32.7 Å². The average molecular weight is 360 g/mol. The molecule has 7 heteroatoms. The number of hydrogen-bond acceptors (Lipinski definition) is 4. The fraction of sp³-hybridized carbons (Fsp3) is 0.167. The molecule has 0 aliphatic rings. The zero-order valence-electron chi connectivity index (χ0n) is 14.0. The molecule has 25 heavy (non-hydrogen) atoms. The van der Waals surface area contributed by atoms with Gasteiger partial charge in [0.2, 0.25) is 5.75 Å². The van der Waals surface area contributed by atoms with Crippen molar-refractivity contribution in [1.29, 1.82) is 0 Å². The number of aromatic amines is 1. The molecule has 0 radical (unpaired) electrons. The number of ether oxygens (including phenoxy) is 3. The van der Waals surface area contributed by atoms with Crippen LogP contribution in [0.25, 0.3) is 16.9 Å². The predicted molar refractivity (Wildman–Crippen MR) is 96.0 cm³/mol. The quantitative estimate of drug-likeness (QED) is 0.687. The third-order valence-electron chi connectivity index (χ3n) is 3.80. The van der Waals surface area contributed by atoms with Gasteiger partial charge in [-0.15, -0.1) is 0 Å².